The number of hydrogen-bond donors (Lipinski definition) is 1. The molecule has 72 valence electrons. The second-order valence-corrected chi connectivity index (χ2v) is 3.64. The fourth-order valence-corrected chi connectivity index (χ4v) is 2.19. The summed E-state index contributed by atoms with van der Waals surface area (Å²) >= 11 is 0. The van der Waals surface area contributed by atoms with E-state index >= 15 is 0 Å². The van der Waals surface area contributed by atoms with Crippen LogP contribution in [0.2, 0.25) is 0 Å². The van der Waals surface area contributed by atoms with Gasteiger partial charge < -0.3 is 0 Å². The minimum atomic E-state index is -0.175. The number of nitrogens with one attached hydrogen (secondary N) is 1. The number of nitrogens with zero attached hydrogens (tertiary/aromatic N) is 3. The number of aromatic amines is 1. The summed E-state index contributed by atoms with van der Waals surface area (Å²) < 4.78 is 1.59. The van der Waals surface area contributed by atoms with E-state index in [0.29, 0.717) is 5.78 Å². The largest absolute Gasteiger partial charge is 0.349 e. The molecule has 0 radical (unpaired) electrons. The second kappa shape index (κ2) is 2.43. The summed E-state index contributed by atoms with van der Waals surface area (Å²) in [6, 6.07) is 0. The predicted octanol–water partition coefficient (Wildman–Crippen LogP) is 0.215. The van der Waals surface area contributed by atoms with E-state index in [9.17, 15) is 4.79 Å². The molecule has 0 amide bonds. The number of rotatable bonds is 0. The molecular formula is C9H10N4O. The quantitative estimate of drug-likeness (QED) is 0.646. The van der Waals surface area contributed by atoms with Gasteiger partial charge in [0.15, 0.2) is 0 Å². The van der Waals surface area contributed by atoms with Crippen molar-refractivity contribution in [3.8, 4) is 0 Å². The number of aromatic nitrogens is 4. The monoisotopic (exact) mass is 190 g/mol. The van der Waals surface area contributed by atoms with E-state index in [-0.39, 0.29) is 5.69 Å². The summed E-state index contributed by atoms with van der Waals surface area (Å²) in [5.41, 5.74) is 3.14. The fraction of sp³-hybridized carbons (Fsp3) is 0.444. The molecule has 0 saturated carbocycles. The minimum Gasteiger partial charge on any atom is -0.246 e. The van der Waals surface area contributed by atoms with Crippen LogP contribution in [0.3, 0.4) is 0 Å². The van der Waals surface area contributed by atoms with E-state index in [2.05, 4.69) is 15.2 Å². The van der Waals surface area contributed by atoms with Gasteiger partial charge in [-0.1, -0.05) is 0 Å². The Morgan fingerprint density at radius 3 is 3.14 bits per heavy atom. The van der Waals surface area contributed by atoms with Gasteiger partial charge in [-0.05, 0) is 31.7 Å². The maximum Gasteiger partial charge on any atom is 0.349 e. The summed E-state index contributed by atoms with van der Waals surface area (Å²) in [6.07, 6.45) is 3.09. The highest BCUT2D eigenvalue weighted by molar-refractivity contribution is 5.39. The highest BCUT2D eigenvalue weighted by atomic mass is 16.1. The minimum absolute atomic E-state index is 0.175. The molecule has 2 aromatic heterocycles. The summed E-state index contributed by atoms with van der Waals surface area (Å²) in [7, 11) is 0. The lowest BCUT2D eigenvalue weighted by atomic mass is 10.2. The normalized spacial score (nSPS) is 14.9. The van der Waals surface area contributed by atoms with Crippen molar-refractivity contribution in [3.63, 3.8) is 0 Å². The molecule has 5 nitrogen and oxygen atoms in total. The molecule has 1 aliphatic rings. The average Bonchev–Trinajstić information content (AvgIpc) is 2.72. The van der Waals surface area contributed by atoms with Crippen molar-refractivity contribution in [2.75, 3.05) is 0 Å². The Morgan fingerprint density at radius 2 is 2.29 bits per heavy atom. The zero-order valence-corrected chi connectivity index (χ0v) is 7.87. The Hall–Kier alpha value is -1.65. The summed E-state index contributed by atoms with van der Waals surface area (Å²) in [5.74, 6) is 0.494. The van der Waals surface area contributed by atoms with Crippen molar-refractivity contribution in [1.29, 1.82) is 0 Å². The molecule has 0 aromatic carbocycles. The standard InChI is InChI=1S/C9H10N4O/c1-5-6-3-2-4-7(6)13-8(10-5)11-12-9(13)14/h2-4H2,1H3,(H,12,14). The third-order valence-corrected chi connectivity index (χ3v) is 2.82. The van der Waals surface area contributed by atoms with E-state index < -0.39 is 0 Å². The van der Waals surface area contributed by atoms with Crippen LogP contribution in [-0.2, 0) is 12.8 Å². The summed E-state index contributed by atoms with van der Waals surface area (Å²) in [5, 5.41) is 6.30. The van der Waals surface area contributed by atoms with E-state index in [0.717, 1.165) is 30.7 Å². The third kappa shape index (κ3) is 0.814. The number of fused-ring (bicyclic) bond motifs is 3. The molecule has 0 fully saturated rings. The van der Waals surface area contributed by atoms with Gasteiger partial charge in [-0.3, -0.25) is 0 Å². The van der Waals surface area contributed by atoms with Crippen LogP contribution in [0.4, 0.5) is 0 Å². The Morgan fingerprint density at radius 1 is 1.43 bits per heavy atom. The Balaban J connectivity index is 2.55. The Labute approximate surface area is 79.8 Å². The van der Waals surface area contributed by atoms with Crippen molar-refractivity contribution < 1.29 is 0 Å². The van der Waals surface area contributed by atoms with Crippen LogP contribution in [-0.4, -0.2) is 19.6 Å². The lowest BCUT2D eigenvalue weighted by Gasteiger charge is -2.03. The van der Waals surface area contributed by atoms with Gasteiger partial charge >= 0.3 is 5.69 Å². The lowest BCUT2D eigenvalue weighted by Crippen LogP contribution is -2.14. The van der Waals surface area contributed by atoms with Gasteiger partial charge in [0.1, 0.15) is 0 Å². The van der Waals surface area contributed by atoms with Gasteiger partial charge in [-0.25, -0.2) is 19.3 Å². The summed E-state index contributed by atoms with van der Waals surface area (Å²) in [4.78, 5) is 15.7. The van der Waals surface area contributed by atoms with Crippen LogP contribution < -0.4 is 5.69 Å². The van der Waals surface area contributed by atoms with Gasteiger partial charge in [-0.15, -0.1) is 5.10 Å². The SMILES string of the molecule is Cc1nc2n[nH]c(=O)n2c2c1CCC2. The molecule has 1 aliphatic carbocycles. The highest BCUT2D eigenvalue weighted by Crippen LogP contribution is 2.23. The molecule has 0 aliphatic heterocycles. The first kappa shape index (κ1) is 7.73. The van der Waals surface area contributed by atoms with Crippen molar-refractivity contribution in [3.05, 3.63) is 27.4 Å². The zero-order valence-electron chi connectivity index (χ0n) is 7.87. The molecule has 5 heteroatoms. The fourth-order valence-electron chi connectivity index (χ4n) is 2.19. The molecule has 3 rings (SSSR count). The van der Waals surface area contributed by atoms with E-state index in [4.69, 9.17) is 0 Å². The first-order valence-corrected chi connectivity index (χ1v) is 4.73. The summed E-state index contributed by atoms with van der Waals surface area (Å²) in [6.45, 7) is 1.98. The first-order chi connectivity index (χ1) is 6.77. The van der Waals surface area contributed by atoms with Crippen LogP contribution in [0.15, 0.2) is 4.79 Å². The van der Waals surface area contributed by atoms with E-state index in [1.54, 1.807) is 4.40 Å². The molecule has 2 aromatic rings. The van der Waals surface area contributed by atoms with Crippen LogP contribution in [0.1, 0.15) is 23.4 Å². The van der Waals surface area contributed by atoms with Crippen molar-refractivity contribution in [1.82, 2.24) is 19.6 Å². The Bertz CT molecular complexity index is 566. The predicted molar refractivity (Wildman–Crippen MR) is 50.4 cm³/mol. The van der Waals surface area contributed by atoms with Crippen LogP contribution in [0.25, 0.3) is 5.78 Å². The lowest BCUT2D eigenvalue weighted by molar-refractivity contribution is 0.875. The van der Waals surface area contributed by atoms with Gasteiger partial charge in [-0.2, -0.15) is 0 Å². The zero-order chi connectivity index (χ0) is 9.71. The maximum absolute atomic E-state index is 11.5. The average molecular weight is 190 g/mol. The molecule has 2 heterocycles. The van der Waals surface area contributed by atoms with Gasteiger partial charge in [0.05, 0.1) is 0 Å². The van der Waals surface area contributed by atoms with Crippen molar-refractivity contribution in [2.45, 2.75) is 26.2 Å². The topological polar surface area (TPSA) is 63.0 Å². The molecule has 0 unspecified atom stereocenters. The first-order valence-electron chi connectivity index (χ1n) is 4.73. The molecule has 1 N–H and O–H groups in total. The van der Waals surface area contributed by atoms with E-state index in [1.165, 1.54) is 5.56 Å². The van der Waals surface area contributed by atoms with Crippen molar-refractivity contribution in [2.24, 2.45) is 0 Å². The molecule has 0 spiro atoms. The van der Waals surface area contributed by atoms with Crippen LogP contribution >= 0.6 is 0 Å². The molecule has 14 heavy (non-hydrogen) atoms. The molecule has 0 saturated heterocycles. The Kier molecular flexibility index (Phi) is 1.34. The van der Waals surface area contributed by atoms with E-state index in [1.807, 2.05) is 6.92 Å². The van der Waals surface area contributed by atoms with Gasteiger partial charge in [0, 0.05) is 11.4 Å². The molecular weight excluding hydrogens is 180 g/mol. The molecule has 0 atom stereocenters. The number of H-pyrrole nitrogens is 1. The maximum atomic E-state index is 11.5. The highest BCUT2D eigenvalue weighted by Gasteiger charge is 2.19. The second-order valence-electron chi connectivity index (χ2n) is 3.64. The van der Waals surface area contributed by atoms with Crippen LogP contribution in [0, 0.1) is 6.92 Å². The van der Waals surface area contributed by atoms with Crippen molar-refractivity contribution >= 4 is 5.78 Å². The van der Waals surface area contributed by atoms with Crippen LogP contribution in [0.5, 0.6) is 0 Å². The van der Waals surface area contributed by atoms with Gasteiger partial charge in [0.2, 0.25) is 0 Å². The smallest absolute Gasteiger partial charge is 0.246 e. The number of aryl methyl sites for hydroxylation is 2. The third-order valence-electron chi connectivity index (χ3n) is 2.82. The van der Waals surface area contributed by atoms with Gasteiger partial charge in [0.25, 0.3) is 5.78 Å². The molecule has 0 bridgehead atoms. The number of hydrogen-bond acceptors (Lipinski definition) is 3.